The standard InChI is InChI=1S/C22H22N2O3/c1-15(20-12-17-6-4-5-7-19(17)26-20)24(2)14-22-23-13-21(27-22)16-8-10-18(25-3)11-9-16/h4-13,15H,14H2,1-3H3. The highest BCUT2D eigenvalue weighted by Crippen LogP contribution is 2.28. The zero-order valence-corrected chi connectivity index (χ0v) is 15.7. The highest BCUT2D eigenvalue weighted by molar-refractivity contribution is 5.77. The minimum Gasteiger partial charge on any atom is -0.497 e. The van der Waals surface area contributed by atoms with Gasteiger partial charge in [0.1, 0.15) is 17.1 Å². The number of hydrogen-bond acceptors (Lipinski definition) is 5. The quantitative estimate of drug-likeness (QED) is 0.466. The summed E-state index contributed by atoms with van der Waals surface area (Å²) in [6, 6.07) is 18.0. The van der Waals surface area contributed by atoms with E-state index in [4.69, 9.17) is 13.6 Å². The molecule has 1 unspecified atom stereocenters. The maximum atomic E-state index is 5.98. The summed E-state index contributed by atoms with van der Waals surface area (Å²) in [4.78, 5) is 6.58. The average Bonchev–Trinajstić information content (AvgIpc) is 3.34. The Morgan fingerprint density at radius 1 is 1.07 bits per heavy atom. The highest BCUT2D eigenvalue weighted by atomic mass is 16.5. The Kier molecular flexibility index (Phi) is 4.69. The van der Waals surface area contributed by atoms with Gasteiger partial charge in [-0.05, 0) is 50.4 Å². The smallest absolute Gasteiger partial charge is 0.209 e. The summed E-state index contributed by atoms with van der Waals surface area (Å²) < 4.78 is 17.1. The number of nitrogens with zero attached hydrogens (tertiary/aromatic N) is 2. The average molecular weight is 362 g/mol. The number of aromatic nitrogens is 1. The highest BCUT2D eigenvalue weighted by Gasteiger charge is 2.18. The van der Waals surface area contributed by atoms with Crippen molar-refractivity contribution in [3.05, 3.63) is 72.4 Å². The number of fused-ring (bicyclic) bond motifs is 1. The maximum absolute atomic E-state index is 5.98. The molecule has 0 aliphatic rings. The molecule has 0 amide bonds. The molecule has 0 fully saturated rings. The molecule has 0 radical (unpaired) electrons. The number of ether oxygens (including phenoxy) is 1. The minimum absolute atomic E-state index is 0.105. The molecule has 2 aromatic heterocycles. The summed E-state index contributed by atoms with van der Waals surface area (Å²) in [5, 5.41) is 1.12. The van der Waals surface area contributed by atoms with Gasteiger partial charge in [-0.1, -0.05) is 18.2 Å². The van der Waals surface area contributed by atoms with E-state index >= 15 is 0 Å². The predicted octanol–water partition coefficient (Wildman–Crippen LogP) is 5.29. The van der Waals surface area contributed by atoms with Crippen molar-refractivity contribution in [1.29, 1.82) is 0 Å². The molecule has 2 aromatic carbocycles. The minimum atomic E-state index is 0.105. The van der Waals surface area contributed by atoms with Gasteiger partial charge < -0.3 is 13.6 Å². The Morgan fingerprint density at radius 3 is 2.59 bits per heavy atom. The Balaban J connectivity index is 1.47. The van der Waals surface area contributed by atoms with Crippen molar-refractivity contribution >= 4 is 11.0 Å². The van der Waals surface area contributed by atoms with Gasteiger partial charge in [0.05, 0.1) is 25.9 Å². The molecule has 0 saturated carbocycles. The topological polar surface area (TPSA) is 51.6 Å². The number of furan rings is 1. The second kappa shape index (κ2) is 7.29. The maximum Gasteiger partial charge on any atom is 0.209 e. The van der Waals surface area contributed by atoms with Crippen LogP contribution in [0.15, 0.2) is 69.6 Å². The van der Waals surface area contributed by atoms with Crippen LogP contribution >= 0.6 is 0 Å². The van der Waals surface area contributed by atoms with E-state index in [9.17, 15) is 0 Å². The van der Waals surface area contributed by atoms with Crippen LogP contribution in [0.3, 0.4) is 0 Å². The van der Waals surface area contributed by atoms with E-state index in [0.717, 1.165) is 33.8 Å². The first-order valence-electron chi connectivity index (χ1n) is 8.92. The largest absolute Gasteiger partial charge is 0.497 e. The van der Waals surface area contributed by atoms with E-state index in [2.05, 4.69) is 28.9 Å². The first-order chi connectivity index (χ1) is 13.1. The van der Waals surface area contributed by atoms with Gasteiger partial charge in [-0.3, -0.25) is 4.90 Å². The molecule has 0 saturated heterocycles. The monoisotopic (exact) mass is 362 g/mol. The molecular formula is C22H22N2O3. The molecule has 4 aromatic rings. The van der Waals surface area contributed by atoms with Crippen molar-refractivity contribution in [2.45, 2.75) is 19.5 Å². The van der Waals surface area contributed by atoms with Gasteiger partial charge in [-0.15, -0.1) is 0 Å². The Bertz CT molecular complexity index is 1000. The molecule has 0 aliphatic carbocycles. The first kappa shape index (κ1) is 17.4. The van der Waals surface area contributed by atoms with Crippen LogP contribution in [0.25, 0.3) is 22.3 Å². The molecule has 27 heavy (non-hydrogen) atoms. The normalized spacial score (nSPS) is 12.6. The second-order valence-corrected chi connectivity index (χ2v) is 6.62. The van der Waals surface area contributed by atoms with Crippen molar-refractivity contribution in [3.8, 4) is 17.1 Å². The zero-order chi connectivity index (χ0) is 18.8. The summed E-state index contributed by atoms with van der Waals surface area (Å²) in [7, 11) is 3.69. The third kappa shape index (κ3) is 3.59. The molecular weight excluding hydrogens is 340 g/mol. The number of methoxy groups -OCH3 is 1. The molecule has 4 rings (SSSR count). The molecule has 1 atom stereocenters. The van der Waals surface area contributed by atoms with Crippen LogP contribution in [-0.4, -0.2) is 24.0 Å². The van der Waals surface area contributed by atoms with Gasteiger partial charge >= 0.3 is 0 Å². The molecule has 138 valence electrons. The number of para-hydroxylation sites is 1. The summed E-state index contributed by atoms with van der Waals surface area (Å²) in [6.07, 6.45) is 1.76. The van der Waals surface area contributed by atoms with Crippen molar-refractivity contribution < 1.29 is 13.6 Å². The van der Waals surface area contributed by atoms with Crippen LogP contribution < -0.4 is 4.74 Å². The fourth-order valence-electron chi connectivity index (χ4n) is 3.05. The second-order valence-electron chi connectivity index (χ2n) is 6.62. The van der Waals surface area contributed by atoms with E-state index in [1.807, 2.05) is 49.5 Å². The van der Waals surface area contributed by atoms with Gasteiger partial charge in [0.2, 0.25) is 5.89 Å². The lowest BCUT2D eigenvalue weighted by atomic mass is 10.2. The number of hydrogen-bond donors (Lipinski definition) is 0. The number of benzene rings is 2. The van der Waals surface area contributed by atoms with Crippen molar-refractivity contribution in [1.82, 2.24) is 9.88 Å². The van der Waals surface area contributed by atoms with Crippen LogP contribution in [0.2, 0.25) is 0 Å². The third-order valence-electron chi connectivity index (χ3n) is 4.83. The summed E-state index contributed by atoms with van der Waals surface area (Å²) in [5.41, 5.74) is 1.88. The molecule has 0 N–H and O–H groups in total. The summed E-state index contributed by atoms with van der Waals surface area (Å²) in [5.74, 6) is 3.17. The molecule has 2 heterocycles. The Labute approximate surface area is 158 Å². The van der Waals surface area contributed by atoms with E-state index < -0.39 is 0 Å². The third-order valence-corrected chi connectivity index (χ3v) is 4.83. The number of oxazole rings is 1. The van der Waals surface area contributed by atoms with Crippen molar-refractivity contribution in [2.24, 2.45) is 0 Å². The van der Waals surface area contributed by atoms with Crippen LogP contribution in [0.1, 0.15) is 24.6 Å². The lowest BCUT2D eigenvalue weighted by Crippen LogP contribution is -2.21. The van der Waals surface area contributed by atoms with Gasteiger partial charge in [0.25, 0.3) is 0 Å². The van der Waals surface area contributed by atoms with Gasteiger partial charge in [-0.25, -0.2) is 4.98 Å². The van der Waals surface area contributed by atoms with Crippen LogP contribution in [0.5, 0.6) is 5.75 Å². The van der Waals surface area contributed by atoms with Crippen LogP contribution in [-0.2, 0) is 6.54 Å². The summed E-state index contributed by atoms with van der Waals surface area (Å²) >= 11 is 0. The van der Waals surface area contributed by atoms with Gasteiger partial charge in [0.15, 0.2) is 5.76 Å². The van der Waals surface area contributed by atoms with Gasteiger partial charge in [0, 0.05) is 10.9 Å². The lowest BCUT2D eigenvalue weighted by molar-refractivity contribution is 0.207. The first-order valence-corrected chi connectivity index (χ1v) is 8.92. The van der Waals surface area contributed by atoms with E-state index in [1.54, 1.807) is 13.3 Å². The zero-order valence-electron chi connectivity index (χ0n) is 15.7. The fraction of sp³-hybridized carbons (Fsp3) is 0.227. The van der Waals surface area contributed by atoms with Gasteiger partial charge in [-0.2, -0.15) is 0 Å². The van der Waals surface area contributed by atoms with Crippen molar-refractivity contribution in [3.63, 3.8) is 0 Å². The summed E-state index contributed by atoms with van der Waals surface area (Å²) in [6.45, 7) is 2.71. The van der Waals surface area contributed by atoms with E-state index in [-0.39, 0.29) is 6.04 Å². The van der Waals surface area contributed by atoms with Crippen molar-refractivity contribution in [2.75, 3.05) is 14.2 Å². The van der Waals surface area contributed by atoms with Crippen LogP contribution in [0, 0.1) is 0 Å². The molecule has 0 aliphatic heterocycles. The molecule has 5 nitrogen and oxygen atoms in total. The number of rotatable bonds is 6. The fourth-order valence-corrected chi connectivity index (χ4v) is 3.05. The lowest BCUT2D eigenvalue weighted by Gasteiger charge is -2.21. The van der Waals surface area contributed by atoms with E-state index in [1.165, 1.54) is 0 Å². The SMILES string of the molecule is COc1ccc(-c2cnc(CN(C)C(C)c3cc4ccccc4o3)o2)cc1. The van der Waals surface area contributed by atoms with E-state index in [0.29, 0.717) is 12.4 Å². The Hall–Kier alpha value is -3.05. The Morgan fingerprint density at radius 2 is 1.85 bits per heavy atom. The predicted molar refractivity (Wildman–Crippen MR) is 105 cm³/mol. The van der Waals surface area contributed by atoms with Crippen LogP contribution in [0.4, 0.5) is 0 Å². The molecule has 5 heteroatoms. The molecule has 0 spiro atoms. The molecule has 0 bridgehead atoms.